The van der Waals surface area contributed by atoms with Crippen LogP contribution in [0.4, 0.5) is 4.39 Å². The van der Waals surface area contributed by atoms with E-state index in [-0.39, 0.29) is 22.6 Å². The van der Waals surface area contributed by atoms with Crippen molar-refractivity contribution in [2.24, 2.45) is 0 Å². The molecule has 2 aromatic rings. The fourth-order valence-electron chi connectivity index (χ4n) is 1.64. The maximum Gasteiger partial charge on any atom is 0.276 e. The third-order valence-corrected chi connectivity index (χ3v) is 2.95. The smallest absolute Gasteiger partial charge is 0.276 e. The van der Waals surface area contributed by atoms with Crippen LogP contribution in [0.3, 0.4) is 0 Å². The van der Waals surface area contributed by atoms with Gasteiger partial charge >= 0.3 is 0 Å². The first-order chi connectivity index (χ1) is 9.02. The molecule has 0 unspecified atom stereocenters. The highest BCUT2D eigenvalue weighted by Gasteiger charge is 2.08. The maximum absolute atomic E-state index is 13.2. The summed E-state index contributed by atoms with van der Waals surface area (Å²) in [5.74, 6) is -0.470. The van der Waals surface area contributed by atoms with Crippen molar-refractivity contribution in [3.63, 3.8) is 0 Å². The number of benzene rings is 1. The molecule has 0 amide bonds. The molecule has 0 radical (unpaired) electrons. The third-order valence-electron chi connectivity index (χ3n) is 2.64. The fraction of sp³-hybridized carbons (Fsp3) is 0.167. The first-order valence-corrected chi connectivity index (χ1v) is 5.78. The molecule has 96 valence electrons. The lowest BCUT2D eigenvalue weighted by molar-refractivity contribution is 0.619. The van der Waals surface area contributed by atoms with Gasteiger partial charge in [-0.2, -0.15) is 10.4 Å². The number of nitriles is 1. The molecule has 0 spiro atoms. The number of hydrogen-bond donors (Lipinski definition) is 1. The van der Waals surface area contributed by atoms with E-state index in [1.54, 1.807) is 6.92 Å². The second-order valence-electron chi connectivity index (χ2n) is 3.92. The van der Waals surface area contributed by atoms with Gasteiger partial charge in [0.1, 0.15) is 11.5 Å². The van der Waals surface area contributed by atoms with E-state index < -0.39 is 5.82 Å². The van der Waals surface area contributed by atoms with Crippen molar-refractivity contribution in [3.8, 4) is 6.07 Å². The first kappa shape index (κ1) is 13.1. The summed E-state index contributed by atoms with van der Waals surface area (Å²) >= 11 is 4.98. The highest BCUT2D eigenvalue weighted by Crippen LogP contribution is 2.11. The van der Waals surface area contributed by atoms with Crippen molar-refractivity contribution in [1.29, 1.82) is 5.26 Å². The standard InChI is InChI=1S/C12H9FN4OS/c1-7-11(18)17(12(19)16-15-7)6-9-4-10(13)3-2-8(9)5-14/h2-4H,6H2,1H3,(H,16,19). The minimum atomic E-state index is -0.470. The molecule has 1 N–H and O–H groups in total. The monoisotopic (exact) mass is 276 g/mol. The Morgan fingerprint density at radius 3 is 3.00 bits per heavy atom. The van der Waals surface area contributed by atoms with Gasteiger partial charge in [0.2, 0.25) is 0 Å². The Morgan fingerprint density at radius 1 is 1.58 bits per heavy atom. The van der Waals surface area contributed by atoms with Crippen molar-refractivity contribution in [2.45, 2.75) is 13.5 Å². The molecular weight excluding hydrogens is 267 g/mol. The summed E-state index contributed by atoms with van der Waals surface area (Å²) in [5, 5.41) is 15.2. The van der Waals surface area contributed by atoms with Crippen molar-refractivity contribution in [1.82, 2.24) is 14.8 Å². The van der Waals surface area contributed by atoms with Crippen LogP contribution in [-0.4, -0.2) is 14.8 Å². The largest absolute Gasteiger partial charge is 0.278 e. The molecule has 0 aliphatic rings. The maximum atomic E-state index is 13.2. The molecule has 1 heterocycles. The Kier molecular flexibility index (Phi) is 3.53. The van der Waals surface area contributed by atoms with Gasteiger partial charge in [-0.1, -0.05) is 0 Å². The number of rotatable bonds is 2. The van der Waals surface area contributed by atoms with Crippen LogP contribution in [-0.2, 0) is 6.54 Å². The SMILES string of the molecule is Cc1n[nH]c(=S)n(Cc2cc(F)ccc2C#N)c1=O. The van der Waals surface area contributed by atoms with E-state index in [1.807, 2.05) is 6.07 Å². The van der Waals surface area contributed by atoms with Gasteiger partial charge in [0.25, 0.3) is 5.56 Å². The van der Waals surface area contributed by atoms with Crippen LogP contribution >= 0.6 is 12.2 Å². The number of aromatic nitrogens is 3. The van der Waals surface area contributed by atoms with Crippen molar-refractivity contribution in [3.05, 3.63) is 56.0 Å². The number of aromatic amines is 1. The van der Waals surface area contributed by atoms with Crippen molar-refractivity contribution in [2.75, 3.05) is 0 Å². The van der Waals surface area contributed by atoms with Crippen molar-refractivity contribution < 1.29 is 4.39 Å². The van der Waals surface area contributed by atoms with Crippen LogP contribution in [0.25, 0.3) is 0 Å². The number of aryl methyl sites for hydroxylation is 1. The Balaban J connectivity index is 2.57. The second kappa shape index (κ2) is 5.12. The van der Waals surface area contributed by atoms with Gasteiger partial charge in [0.15, 0.2) is 4.77 Å². The molecule has 0 saturated carbocycles. The Hall–Kier alpha value is -2.33. The molecular formula is C12H9FN4OS. The normalized spacial score (nSPS) is 10.2. The number of nitrogens with one attached hydrogen (secondary N) is 1. The molecule has 19 heavy (non-hydrogen) atoms. The number of H-pyrrole nitrogens is 1. The fourth-order valence-corrected chi connectivity index (χ4v) is 1.84. The molecule has 1 aromatic heterocycles. The lowest BCUT2D eigenvalue weighted by Crippen LogP contribution is -2.26. The van der Waals surface area contributed by atoms with Crippen LogP contribution in [0.1, 0.15) is 16.8 Å². The molecule has 7 heteroatoms. The Bertz CT molecular complexity index is 788. The zero-order valence-electron chi connectivity index (χ0n) is 9.98. The molecule has 2 rings (SSSR count). The van der Waals surface area contributed by atoms with E-state index in [1.165, 1.54) is 22.8 Å². The average molecular weight is 276 g/mol. The third kappa shape index (κ3) is 2.58. The van der Waals surface area contributed by atoms with Crippen LogP contribution in [0, 0.1) is 28.8 Å². The van der Waals surface area contributed by atoms with Crippen LogP contribution in [0.2, 0.25) is 0 Å². The Labute approximate surface area is 112 Å². The quantitative estimate of drug-likeness (QED) is 0.847. The van der Waals surface area contributed by atoms with Gasteiger partial charge in [-0.05, 0) is 42.9 Å². The summed E-state index contributed by atoms with van der Waals surface area (Å²) in [5.41, 5.74) is 0.590. The zero-order valence-corrected chi connectivity index (χ0v) is 10.8. The van der Waals surface area contributed by atoms with Crippen LogP contribution in [0.15, 0.2) is 23.0 Å². The van der Waals surface area contributed by atoms with Gasteiger partial charge < -0.3 is 0 Å². The minimum absolute atomic E-state index is 0.0260. The lowest BCUT2D eigenvalue weighted by Gasteiger charge is -2.08. The summed E-state index contributed by atoms with van der Waals surface area (Å²) in [6.07, 6.45) is 0. The molecule has 0 aliphatic carbocycles. The van der Waals surface area contributed by atoms with E-state index in [0.29, 0.717) is 11.1 Å². The van der Waals surface area contributed by atoms with Crippen LogP contribution in [0.5, 0.6) is 0 Å². The number of nitrogens with zero attached hydrogens (tertiary/aromatic N) is 3. The summed E-state index contributed by atoms with van der Waals surface area (Å²) in [4.78, 5) is 11.9. The predicted molar refractivity (Wildman–Crippen MR) is 68.6 cm³/mol. The molecule has 0 atom stereocenters. The molecule has 5 nitrogen and oxygen atoms in total. The molecule has 1 aromatic carbocycles. The second-order valence-corrected chi connectivity index (χ2v) is 4.31. The predicted octanol–water partition coefficient (Wildman–Crippen LogP) is 1.67. The number of halogens is 1. The van der Waals surface area contributed by atoms with Gasteiger partial charge in [-0.25, -0.2) is 4.39 Å². The number of hydrogen-bond acceptors (Lipinski definition) is 4. The highest BCUT2D eigenvalue weighted by molar-refractivity contribution is 7.71. The summed E-state index contributed by atoms with van der Waals surface area (Å²) < 4.78 is 14.6. The van der Waals surface area contributed by atoms with E-state index in [4.69, 9.17) is 17.5 Å². The Morgan fingerprint density at radius 2 is 2.32 bits per heavy atom. The molecule has 0 aliphatic heterocycles. The average Bonchev–Trinajstić information content (AvgIpc) is 2.39. The lowest BCUT2D eigenvalue weighted by atomic mass is 10.1. The summed E-state index contributed by atoms with van der Waals surface area (Å²) in [7, 11) is 0. The zero-order chi connectivity index (χ0) is 14.0. The van der Waals surface area contributed by atoms with Crippen LogP contribution < -0.4 is 5.56 Å². The molecule has 0 bridgehead atoms. The van der Waals surface area contributed by atoms with E-state index >= 15 is 0 Å². The van der Waals surface area contributed by atoms with Gasteiger partial charge in [-0.3, -0.25) is 14.5 Å². The van der Waals surface area contributed by atoms with Gasteiger partial charge in [0, 0.05) is 0 Å². The van der Waals surface area contributed by atoms with E-state index in [0.717, 1.165) is 0 Å². The summed E-state index contributed by atoms with van der Waals surface area (Å²) in [6, 6.07) is 5.74. The van der Waals surface area contributed by atoms with E-state index in [9.17, 15) is 9.18 Å². The van der Waals surface area contributed by atoms with Gasteiger partial charge in [0.05, 0.1) is 18.2 Å². The van der Waals surface area contributed by atoms with Gasteiger partial charge in [-0.15, -0.1) is 0 Å². The topological polar surface area (TPSA) is 74.5 Å². The summed E-state index contributed by atoms with van der Waals surface area (Å²) in [6.45, 7) is 1.57. The van der Waals surface area contributed by atoms with Crippen molar-refractivity contribution >= 4 is 12.2 Å². The minimum Gasteiger partial charge on any atom is -0.278 e. The first-order valence-electron chi connectivity index (χ1n) is 5.37. The van der Waals surface area contributed by atoms with E-state index in [2.05, 4.69) is 10.2 Å². The highest BCUT2D eigenvalue weighted by atomic mass is 32.1. The molecule has 0 fully saturated rings. The molecule has 0 saturated heterocycles.